The first-order valence-electron chi connectivity index (χ1n) is 7.61. The number of nitrogens with one attached hydrogen (secondary N) is 1. The topological polar surface area (TPSA) is 65.7 Å². The van der Waals surface area contributed by atoms with Crippen LogP contribution in [0.25, 0.3) is 11.1 Å². The summed E-state index contributed by atoms with van der Waals surface area (Å²) in [5.74, 6) is -2.35. The zero-order chi connectivity index (χ0) is 17.3. The summed E-state index contributed by atoms with van der Waals surface area (Å²) >= 11 is 0. The van der Waals surface area contributed by atoms with E-state index in [0.29, 0.717) is 30.6 Å². The Morgan fingerprint density at radius 2 is 2.17 bits per heavy atom. The van der Waals surface area contributed by atoms with Crippen LogP contribution in [0.2, 0.25) is 0 Å². The predicted molar refractivity (Wildman–Crippen MR) is 83.5 cm³/mol. The molecule has 1 fully saturated rings. The van der Waals surface area contributed by atoms with Gasteiger partial charge >= 0.3 is 0 Å². The fraction of sp³-hybridized carbons (Fsp3) is 0.353. The van der Waals surface area contributed by atoms with Crippen LogP contribution in [0.3, 0.4) is 0 Å². The number of hydrogen-bond donors (Lipinski definition) is 2. The molecule has 3 rings (SSSR count). The second-order valence-electron chi connectivity index (χ2n) is 6.10. The minimum absolute atomic E-state index is 0.0260. The van der Waals surface area contributed by atoms with Gasteiger partial charge in [0.1, 0.15) is 0 Å². The van der Waals surface area contributed by atoms with Crippen molar-refractivity contribution in [3.05, 3.63) is 47.9 Å². The van der Waals surface area contributed by atoms with Gasteiger partial charge in [0.25, 0.3) is 5.91 Å². The lowest BCUT2D eigenvalue weighted by atomic mass is 10.0. The van der Waals surface area contributed by atoms with Gasteiger partial charge in [-0.05, 0) is 36.7 Å². The van der Waals surface area contributed by atoms with E-state index in [0.717, 1.165) is 12.1 Å². The van der Waals surface area contributed by atoms with Gasteiger partial charge < -0.3 is 19.7 Å². The Labute approximate surface area is 137 Å². The van der Waals surface area contributed by atoms with Crippen molar-refractivity contribution >= 4 is 5.91 Å². The number of aliphatic hydroxyl groups is 1. The first kappa shape index (κ1) is 16.6. The summed E-state index contributed by atoms with van der Waals surface area (Å²) < 4.78 is 31.8. The van der Waals surface area contributed by atoms with Crippen molar-refractivity contribution in [2.75, 3.05) is 26.7 Å². The Kier molecular flexibility index (Phi) is 4.38. The van der Waals surface area contributed by atoms with Crippen molar-refractivity contribution in [1.82, 2.24) is 10.2 Å². The van der Waals surface area contributed by atoms with E-state index >= 15 is 0 Å². The SMILES string of the molecule is CN(CC1(O)CCNC1)C(=O)c1occc1-c1ccc(F)c(F)c1. The largest absolute Gasteiger partial charge is 0.459 e. The van der Waals surface area contributed by atoms with Crippen molar-refractivity contribution in [1.29, 1.82) is 0 Å². The second-order valence-corrected chi connectivity index (χ2v) is 6.10. The van der Waals surface area contributed by atoms with Crippen LogP contribution in [0, 0.1) is 11.6 Å². The number of halogens is 2. The molecular weight excluding hydrogens is 318 g/mol. The minimum atomic E-state index is -0.994. The molecule has 1 aromatic carbocycles. The quantitative estimate of drug-likeness (QED) is 0.897. The molecule has 2 N–H and O–H groups in total. The normalized spacial score (nSPS) is 20.3. The molecule has 7 heteroatoms. The van der Waals surface area contributed by atoms with Gasteiger partial charge in [-0.15, -0.1) is 0 Å². The van der Waals surface area contributed by atoms with Crippen LogP contribution >= 0.6 is 0 Å². The lowest BCUT2D eigenvalue weighted by Crippen LogP contribution is -2.45. The summed E-state index contributed by atoms with van der Waals surface area (Å²) in [7, 11) is 1.57. The molecule has 2 aromatic rings. The zero-order valence-corrected chi connectivity index (χ0v) is 13.2. The first-order chi connectivity index (χ1) is 11.4. The van der Waals surface area contributed by atoms with Gasteiger partial charge in [0.2, 0.25) is 0 Å². The fourth-order valence-electron chi connectivity index (χ4n) is 2.92. The van der Waals surface area contributed by atoms with Crippen LogP contribution in [0.15, 0.2) is 34.9 Å². The van der Waals surface area contributed by atoms with Crippen molar-refractivity contribution in [2.45, 2.75) is 12.0 Å². The standard InChI is InChI=1S/C17H18F2N2O3/c1-21(10-17(23)5-6-20-9-17)16(22)15-12(4-7-24-15)11-2-3-13(18)14(19)8-11/h2-4,7-8,20,23H,5-6,9-10H2,1H3. The Bertz CT molecular complexity index is 754. The molecule has 0 bridgehead atoms. The molecule has 1 aliphatic rings. The van der Waals surface area contributed by atoms with Gasteiger partial charge in [-0.25, -0.2) is 8.78 Å². The molecule has 5 nitrogen and oxygen atoms in total. The van der Waals surface area contributed by atoms with E-state index in [1.54, 1.807) is 7.05 Å². The van der Waals surface area contributed by atoms with Gasteiger partial charge in [0.05, 0.1) is 18.4 Å². The molecule has 0 spiro atoms. The maximum Gasteiger partial charge on any atom is 0.290 e. The number of hydrogen-bond acceptors (Lipinski definition) is 4. The number of benzene rings is 1. The van der Waals surface area contributed by atoms with E-state index in [2.05, 4.69) is 5.32 Å². The molecule has 24 heavy (non-hydrogen) atoms. The monoisotopic (exact) mass is 336 g/mol. The summed E-state index contributed by atoms with van der Waals surface area (Å²) in [4.78, 5) is 14.0. The van der Waals surface area contributed by atoms with Gasteiger partial charge in [-0.2, -0.15) is 0 Å². The van der Waals surface area contributed by atoms with Crippen molar-refractivity contribution in [3.63, 3.8) is 0 Å². The lowest BCUT2D eigenvalue weighted by Gasteiger charge is -2.27. The number of amides is 1. The summed E-state index contributed by atoms with van der Waals surface area (Å²) in [6.45, 7) is 1.26. The van der Waals surface area contributed by atoms with Gasteiger partial charge in [0.15, 0.2) is 17.4 Å². The molecule has 1 amide bonds. The smallest absolute Gasteiger partial charge is 0.290 e. The second kappa shape index (κ2) is 6.33. The summed E-state index contributed by atoms with van der Waals surface area (Å²) in [5.41, 5.74) is -0.248. The van der Waals surface area contributed by atoms with E-state index in [-0.39, 0.29) is 12.3 Å². The van der Waals surface area contributed by atoms with Gasteiger partial charge in [0, 0.05) is 19.2 Å². The van der Waals surface area contributed by atoms with E-state index < -0.39 is 23.1 Å². The number of rotatable bonds is 4. The molecule has 0 radical (unpaired) electrons. The average molecular weight is 336 g/mol. The highest BCUT2D eigenvalue weighted by atomic mass is 19.2. The van der Waals surface area contributed by atoms with Crippen LogP contribution in [0.1, 0.15) is 17.0 Å². The van der Waals surface area contributed by atoms with Crippen LogP contribution in [-0.4, -0.2) is 48.2 Å². The highest BCUT2D eigenvalue weighted by Gasteiger charge is 2.34. The molecular formula is C17H18F2N2O3. The molecule has 1 aliphatic heterocycles. The number of furan rings is 1. The Morgan fingerprint density at radius 1 is 1.38 bits per heavy atom. The number of carbonyl (C=O) groups excluding carboxylic acids is 1. The number of β-amino-alcohol motifs (C(OH)–C–C–N with tert-alkyl or cyclic N) is 1. The Morgan fingerprint density at radius 3 is 2.83 bits per heavy atom. The van der Waals surface area contributed by atoms with Gasteiger partial charge in [-0.1, -0.05) is 6.07 Å². The van der Waals surface area contributed by atoms with Gasteiger partial charge in [-0.3, -0.25) is 4.79 Å². The first-order valence-corrected chi connectivity index (χ1v) is 7.61. The fourth-order valence-corrected chi connectivity index (χ4v) is 2.92. The average Bonchev–Trinajstić information content (AvgIpc) is 3.18. The van der Waals surface area contributed by atoms with Crippen LogP contribution in [-0.2, 0) is 0 Å². The van der Waals surface area contributed by atoms with E-state index in [4.69, 9.17) is 4.42 Å². The molecule has 128 valence electrons. The molecule has 1 unspecified atom stereocenters. The third-order valence-electron chi connectivity index (χ3n) is 4.19. The van der Waals surface area contributed by atoms with Crippen LogP contribution in [0.4, 0.5) is 8.78 Å². The number of carbonyl (C=O) groups is 1. The number of likely N-dealkylation sites (N-methyl/N-ethyl adjacent to an activating group) is 1. The molecule has 0 saturated carbocycles. The minimum Gasteiger partial charge on any atom is -0.459 e. The molecule has 1 aromatic heterocycles. The highest BCUT2D eigenvalue weighted by Crippen LogP contribution is 2.28. The highest BCUT2D eigenvalue weighted by molar-refractivity contribution is 5.98. The maximum absolute atomic E-state index is 13.4. The summed E-state index contributed by atoms with van der Waals surface area (Å²) in [6, 6.07) is 4.93. The van der Waals surface area contributed by atoms with Crippen molar-refractivity contribution in [3.8, 4) is 11.1 Å². The maximum atomic E-state index is 13.4. The van der Waals surface area contributed by atoms with Crippen LogP contribution < -0.4 is 5.32 Å². The molecule has 0 aliphatic carbocycles. The Hall–Kier alpha value is -2.25. The van der Waals surface area contributed by atoms with Crippen molar-refractivity contribution in [2.24, 2.45) is 0 Å². The lowest BCUT2D eigenvalue weighted by molar-refractivity contribution is 0.0240. The van der Waals surface area contributed by atoms with E-state index in [1.165, 1.54) is 23.3 Å². The molecule has 1 saturated heterocycles. The summed E-state index contributed by atoms with van der Waals surface area (Å²) in [5, 5.41) is 13.4. The van der Waals surface area contributed by atoms with E-state index in [9.17, 15) is 18.7 Å². The summed E-state index contributed by atoms with van der Waals surface area (Å²) in [6.07, 6.45) is 1.88. The third-order valence-corrected chi connectivity index (χ3v) is 4.19. The molecule has 2 heterocycles. The number of nitrogens with zero attached hydrogens (tertiary/aromatic N) is 1. The van der Waals surface area contributed by atoms with Crippen molar-refractivity contribution < 1.29 is 23.1 Å². The zero-order valence-electron chi connectivity index (χ0n) is 13.2. The van der Waals surface area contributed by atoms with E-state index in [1.807, 2.05) is 0 Å². The third kappa shape index (κ3) is 3.18. The van der Waals surface area contributed by atoms with Crippen LogP contribution in [0.5, 0.6) is 0 Å². The Balaban J connectivity index is 1.83. The molecule has 1 atom stereocenters. The predicted octanol–water partition coefficient (Wildman–Crippen LogP) is 2.02.